The van der Waals surface area contributed by atoms with E-state index in [4.69, 9.17) is 5.73 Å². The zero-order valence-electron chi connectivity index (χ0n) is 11.5. The molecule has 1 aromatic heterocycles. The van der Waals surface area contributed by atoms with Crippen molar-refractivity contribution in [3.63, 3.8) is 0 Å². The van der Waals surface area contributed by atoms with Crippen molar-refractivity contribution >= 4 is 5.91 Å². The van der Waals surface area contributed by atoms with Crippen LogP contribution in [0.1, 0.15) is 51.8 Å². The second kappa shape index (κ2) is 4.72. The van der Waals surface area contributed by atoms with E-state index in [2.05, 4.69) is 18.9 Å². The van der Waals surface area contributed by atoms with Gasteiger partial charge in [-0.3, -0.25) is 9.48 Å². The van der Waals surface area contributed by atoms with Gasteiger partial charge in [0.1, 0.15) is 0 Å². The highest BCUT2D eigenvalue weighted by Crippen LogP contribution is 2.33. The molecular formula is C13H22N4O. The van der Waals surface area contributed by atoms with E-state index in [-0.39, 0.29) is 24.0 Å². The van der Waals surface area contributed by atoms with Gasteiger partial charge >= 0.3 is 0 Å². The van der Waals surface area contributed by atoms with Gasteiger partial charge in [0.15, 0.2) is 0 Å². The smallest absolute Gasteiger partial charge is 0.225 e. The summed E-state index contributed by atoms with van der Waals surface area (Å²) in [7, 11) is 0. The summed E-state index contributed by atoms with van der Waals surface area (Å²) in [6.45, 7) is 8.21. The number of aromatic nitrogens is 2. The van der Waals surface area contributed by atoms with Crippen LogP contribution in [0.25, 0.3) is 0 Å². The number of hydrogen-bond donors (Lipinski definition) is 1. The Morgan fingerprint density at radius 1 is 1.33 bits per heavy atom. The molecule has 5 nitrogen and oxygen atoms in total. The molecule has 1 aromatic rings. The van der Waals surface area contributed by atoms with Gasteiger partial charge in [0.05, 0.1) is 12.2 Å². The first-order chi connectivity index (χ1) is 8.41. The Hall–Kier alpha value is -1.36. The zero-order chi connectivity index (χ0) is 13.4. The van der Waals surface area contributed by atoms with Crippen LogP contribution in [-0.4, -0.2) is 32.7 Å². The van der Waals surface area contributed by atoms with Crippen LogP contribution in [0.3, 0.4) is 0 Å². The van der Waals surface area contributed by atoms with Crippen LogP contribution >= 0.6 is 0 Å². The molecule has 0 saturated carbocycles. The monoisotopic (exact) mass is 250 g/mol. The molecule has 1 aliphatic heterocycles. The quantitative estimate of drug-likeness (QED) is 0.883. The van der Waals surface area contributed by atoms with Crippen molar-refractivity contribution in [2.75, 3.05) is 0 Å². The molecule has 18 heavy (non-hydrogen) atoms. The number of amides is 1. The van der Waals surface area contributed by atoms with Gasteiger partial charge in [-0.05, 0) is 27.7 Å². The molecule has 1 aliphatic rings. The lowest BCUT2D eigenvalue weighted by Crippen LogP contribution is -2.37. The third-order valence-electron chi connectivity index (χ3n) is 3.45. The maximum absolute atomic E-state index is 12.0. The van der Waals surface area contributed by atoms with Gasteiger partial charge in [0.25, 0.3) is 0 Å². The molecule has 100 valence electrons. The fourth-order valence-corrected chi connectivity index (χ4v) is 2.58. The number of hydrogen-bond acceptors (Lipinski definition) is 3. The van der Waals surface area contributed by atoms with Gasteiger partial charge in [0.2, 0.25) is 5.91 Å². The van der Waals surface area contributed by atoms with Crippen LogP contribution < -0.4 is 5.73 Å². The first-order valence-corrected chi connectivity index (χ1v) is 6.52. The van der Waals surface area contributed by atoms with Crippen LogP contribution in [0.2, 0.25) is 0 Å². The van der Waals surface area contributed by atoms with Gasteiger partial charge < -0.3 is 10.6 Å². The number of likely N-dealkylation sites (tertiary alicyclic amines) is 1. The zero-order valence-corrected chi connectivity index (χ0v) is 11.5. The average Bonchev–Trinajstić information content (AvgIpc) is 2.81. The molecule has 2 atom stereocenters. The second-order valence-corrected chi connectivity index (χ2v) is 5.56. The second-order valence-electron chi connectivity index (χ2n) is 5.56. The molecule has 1 fully saturated rings. The Balaban J connectivity index is 2.31. The predicted octanol–water partition coefficient (Wildman–Crippen LogP) is 1.47. The first-order valence-electron chi connectivity index (χ1n) is 6.52. The van der Waals surface area contributed by atoms with Crippen molar-refractivity contribution in [2.45, 2.75) is 58.3 Å². The van der Waals surface area contributed by atoms with E-state index in [1.807, 2.05) is 35.8 Å². The fourth-order valence-electron chi connectivity index (χ4n) is 2.58. The highest BCUT2D eigenvalue weighted by Gasteiger charge is 2.40. The SMILES string of the molecule is CC(C)N1C(=O)CC(N)C1c1cnn(C(C)C)c1. The van der Waals surface area contributed by atoms with E-state index in [1.165, 1.54) is 0 Å². The van der Waals surface area contributed by atoms with Gasteiger partial charge in [-0.2, -0.15) is 5.10 Å². The molecule has 0 bridgehead atoms. The molecule has 2 rings (SSSR count). The minimum absolute atomic E-state index is 0.0370. The Bertz CT molecular complexity index is 438. The highest BCUT2D eigenvalue weighted by atomic mass is 16.2. The van der Waals surface area contributed by atoms with E-state index in [0.717, 1.165) is 5.56 Å². The van der Waals surface area contributed by atoms with Gasteiger partial charge in [0, 0.05) is 36.3 Å². The summed E-state index contributed by atoms with van der Waals surface area (Å²) < 4.78 is 1.91. The van der Waals surface area contributed by atoms with Crippen molar-refractivity contribution in [3.05, 3.63) is 18.0 Å². The summed E-state index contributed by atoms with van der Waals surface area (Å²) in [5, 5.41) is 4.34. The predicted molar refractivity (Wildman–Crippen MR) is 69.9 cm³/mol. The minimum atomic E-state index is -0.135. The summed E-state index contributed by atoms with van der Waals surface area (Å²) in [6, 6.07) is 0.313. The highest BCUT2D eigenvalue weighted by molar-refractivity contribution is 5.80. The van der Waals surface area contributed by atoms with E-state index in [0.29, 0.717) is 12.5 Å². The van der Waals surface area contributed by atoms with Crippen LogP contribution in [0.4, 0.5) is 0 Å². The molecule has 1 saturated heterocycles. The maximum Gasteiger partial charge on any atom is 0.225 e. The summed E-state index contributed by atoms with van der Waals surface area (Å²) in [5.74, 6) is 0.139. The van der Waals surface area contributed by atoms with Gasteiger partial charge in [-0.25, -0.2) is 0 Å². The van der Waals surface area contributed by atoms with Gasteiger partial charge in [-0.15, -0.1) is 0 Å². The molecule has 0 spiro atoms. The summed E-state index contributed by atoms with van der Waals surface area (Å²) >= 11 is 0. The summed E-state index contributed by atoms with van der Waals surface area (Å²) in [5.41, 5.74) is 7.15. The van der Waals surface area contributed by atoms with Crippen molar-refractivity contribution in [2.24, 2.45) is 5.73 Å². The lowest BCUT2D eigenvalue weighted by molar-refractivity contribution is -0.130. The molecule has 0 radical (unpaired) electrons. The van der Waals surface area contributed by atoms with Crippen LogP contribution in [0.15, 0.2) is 12.4 Å². The van der Waals surface area contributed by atoms with Crippen molar-refractivity contribution in [1.82, 2.24) is 14.7 Å². The Labute approximate surface area is 108 Å². The van der Waals surface area contributed by atoms with Crippen LogP contribution in [-0.2, 0) is 4.79 Å². The van der Waals surface area contributed by atoms with E-state index < -0.39 is 0 Å². The third kappa shape index (κ3) is 2.14. The average molecular weight is 250 g/mol. The van der Waals surface area contributed by atoms with Gasteiger partial charge in [-0.1, -0.05) is 0 Å². The van der Waals surface area contributed by atoms with E-state index >= 15 is 0 Å². The third-order valence-corrected chi connectivity index (χ3v) is 3.45. The van der Waals surface area contributed by atoms with E-state index in [1.54, 1.807) is 0 Å². The van der Waals surface area contributed by atoms with Crippen molar-refractivity contribution < 1.29 is 4.79 Å². The van der Waals surface area contributed by atoms with Crippen LogP contribution in [0.5, 0.6) is 0 Å². The number of nitrogens with two attached hydrogens (primary N) is 1. The molecule has 2 heterocycles. The molecule has 2 N–H and O–H groups in total. The van der Waals surface area contributed by atoms with E-state index in [9.17, 15) is 4.79 Å². The van der Waals surface area contributed by atoms with Crippen LogP contribution in [0, 0.1) is 0 Å². The standard InChI is InChI=1S/C13H22N4O/c1-8(2)16-7-10(6-15-16)13-11(14)5-12(18)17(13)9(3)4/h6-9,11,13H,5,14H2,1-4H3. The number of carbonyl (C=O) groups excluding carboxylic acids is 1. The summed E-state index contributed by atoms with van der Waals surface area (Å²) in [6.07, 6.45) is 4.26. The molecule has 2 unspecified atom stereocenters. The number of carbonyl (C=O) groups is 1. The molecule has 1 amide bonds. The number of nitrogens with zero attached hydrogens (tertiary/aromatic N) is 3. The largest absolute Gasteiger partial charge is 0.331 e. The Morgan fingerprint density at radius 2 is 2.00 bits per heavy atom. The first kappa shape index (κ1) is 13.1. The fraction of sp³-hybridized carbons (Fsp3) is 0.692. The Morgan fingerprint density at radius 3 is 2.50 bits per heavy atom. The maximum atomic E-state index is 12.0. The molecule has 5 heteroatoms. The minimum Gasteiger partial charge on any atom is -0.331 e. The lowest BCUT2D eigenvalue weighted by Gasteiger charge is -2.29. The van der Waals surface area contributed by atoms with Crippen molar-refractivity contribution in [1.29, 1.82) is 0 Å². The molecule has 0 aliphatic carbocycles. The molecule has 0 aromatic carbocycles. The summed E-state index contributed by atoms with van der Waals surface area (Å²) in [4.78, 5) is 13.9. The molecular weight excluding hydrogens is 228 g/mol. The number of rotatable bonds is 3. The van der Waals surface area contributed by atoms with Crippen molar-refractivity contribution in [3.8, 4) is 0 Å². The topological polar surface area (TPSA) is 64.2 Å². The normalized spacial score (nSPS) is 24.6. The lowest BCUT2D eigenvalue weighted by atomic mass is 10.0. The Kier molecular flexibility index (Phi) is 3.43.